The first-order valence-electron chi connectivity index (χ1n) is 8.25. The van der Waals surface area contributed by atoms with Crippen molar-refractivity contribution in [3.05, 3.63) is 0 Å². The molecule has 1 rings (SSSR count). The van der Waals surface area contributed by atoms with Crippen LogP contribution in [0.2, 0.25) is 0 Å². The Bertz CT molecular complexity index is 300. The highest BCUT2D eigenvalue weighted by Gasteiger charge is 2.24. The number of hydrogen-bond acceptors (Lipinski definition) is 4. The van der Waals surface area contributed by atoms with Gasteiger partial charge < -0.3 is 19.9 Å². The summed E-state index contributed by atoms with van der Waals surface area (Å²) < 4.78 is 5.05. The maximum atomic E-state index is 11.7. The van der Waals surface area contributed by atoms with Crippen LogP contribution < -0.4 is 5.32 Å². The molecule has 1 aliphatic rings. The van der Waals surface area contributed by atoms with E-state index in [1.165, 1.54) is 6.42 Å². The number of rotatable bonds is 7. The SMILES string of the molecule is CCOC(=O)N1CCC(NCC(CC(C)C)N(C)C)CC1. The molecule has 1 amide bonds. The molecule has 0 bridgehead atoms. The van der Waals surface area contributed by atoms with Gasteiger partial charge in [0.05, 0.1) is 6.61 Å². The van der Waals surface area contributed by atoms with Crippen molar-refractivity contribution in [3.63, 3.8) is 0 Å². The molecule has 5 heteroatoms. The average molecular weight is 299 g/mol. The quantitative estimate of drug-likeness (QED) is 0.782. The van der Waals surface area contributed by atoms with Gasteiger partial charge in [0.2, 0.25) is 0 Å². The summed E-state index contributed by atoms with van der Waals surface area (Å²) in [6.07, 6.45) is 3.07. The molecule has 1 saturated heterocycles. The van der Waals surface area contributed by atoms with Gasteiger partial charge in [-0.2, -0.15) is 0 Å². The van der Waals surface area contributed by atoms with Crippen molar-refractivity contribution in [2.45, 2.75) is 52.1 Å². The maximum Gasteiger partial charge on any atom is 0.409 e. The van der Waals surface area contributed by atoms with Crippen LogP contribution in [0.4, 0.5) is 4.79 Å². The molecule has 21 heavy (non-hydrogen) atoms. The van der Waals surface area contributed by atoms with Gasteiger partial charge in [0, 0.05) is 31.7 Å². The molecule has 0 aromatic carbocycles. The number of likely N-dealkylation sites (tertiary alicyclic amines) is 1. The van der Waals surface area contributed by atoms with Crippen LogP contribution in [0.5, 0.6) is 0 Å². The van der Waals surface area contributed by atoms with Crippen LogP contribution in [0.3, 0.4) is 0 Å². The van der Waals surface area contributed by atoms with Crippen molar-refractivity contribution < 1.29 is 9.53 Å². The molecule has 124 valence electrons. The number of carbonyl (C=O) groups excluding carboxylic acids is 1. The minimum absolute atomic E-state index is 0.165. The Morgan fingerprint density at radius 1 is 1.33 bits per heavy atom. The van der Waals surface area contributed by atoms with Crippen LogP contribution in [0, 0.1) is 5.92 Å². The largest absolute Gasteiger partial charge is 0.450 e. The van der Waals surface area contributed by atoms with Crippen LogP contribution in [-0.2, 0) is 4.74 Å². The summed E-state index contributed by atoms with van der Waals surface area (Å²) >= 11 is 0. The molecule has 0 spiro atoms. The lowest BCUT2D eigenvalue weighted by molar-refractivity contribution is 0.0943. The topological polar surface area (TPSA) is 44.8 Å². The van der Waals surface area contributed by atoms with E-state index in [4.69, 9.17) is 4.74 Å². The van der Waals surface area contributed by atoms with E-state index in [0.717, 1.165) is 32.5 Å². The zero-order chi connectivity index (χ0) is 15.8. The van der Waals surface area contributed by atoms with Gasteiger partial charge in [0.15, 0.2) is 0 Å². The number of nitrogens with zero attached hydrogens (tertiary/aromatic N) is 2. The highest BCUT2D eigenvalue weighted by atomic mass is 16.6. The van der Waals surface area contributed by atoms with E-state index in [9.17, 15) is 4.79 Å². The summed E-state index contributed by atoms with van der Waals surface area (Å²) in [4.78, 5) is 15.8. The molecular formula is C16H33N3O2. The molecule has 1 atom stereocenters. The second-order valence-electron chi connectivity index (χ2n) is 6.62. The second kappa shape index (κ2) is 9.26. The normalized spacial score (nSPS) is 18.3. The predicted molar refractivity (Wildman–Crippen MR) is 86.5 cm³/mol. The minimum atomic E-state index is -0.165. The summed E-state index contributed by atoms with van der Waals surface area (Å²) in [5.41, 5.74) is 0. The van der Waals surface area contributed by atoms with Crippen molar-refractivity contribution in [3.8, 4) is 0 Å². The number of ether oxygens (including phenoxy) is 1. The Kier molecular flexibility index (Phi) is 8.04. The first kappa shape index (κ1) is 18.2. The lowest BCUT2D eigenvalue weighted by Gasteiger charge is -2.34. The van der Waals surface area contributed by atoms with Crippen LogP contribution >= 0.6 is 0 Å². The van der Waals surface area contributed by atoms with Crippen LogP contribution in [0.1, 0.15) is 40.0 Å². The Labute approximate surface area is 130 Å². The number of carbonyl (C=O) groups is 1. The maximum absolute atomic E-state index is 11.7. The van der Waals surface area contributed by atoms with E-state index < -0.39 is 0 Å². The standard InChI is InChI=1S/C16H33N3O2/c1-6-21-16(20)19-9-7-14(8-10-19)17-12-15(18(4)5)11-13(2)3/h13-15,17H,6-12H2,1-5H3. The van der Waals surface area contributed by atoms with Crippen molar-refractivity contribution in [1.29, 1.82) is 0 Å². The smallest absolute Gasteiger partial charge is 0.409 e. The lowest BCUT2D eigenvalue weighted by atomic mass is 10.0. The molecule has 1 aliphatic heterocycles. The van der Waals surface area contributed by atoms with Crippen LogP contribution in [0.25, 0.3) is 0 Å². The zero-order valence-corrected chi connectivity index (χ0v) is 14.4. The summed E-state index contributed by atoms with van der Waals surface area (Å²) in [5, 5.41) is 3.68. The Morgan fingerprint density at radius 3 is 2.43 bits per heavy atom. The van der Waals surface area contributed by atoms with Gasteiger partial charge in [-0.15, -0.1) is 0 Å². The Balaban J connectivity index is 2.30. The van der Waals surface area contributed by atoms with Crippen molar-refractivity contribution in [1.82, 2.24) is 15.1 Å². The third kappa shape index (κ3) is 6.66. The summed E-state index contributed by atoms with van der Waals surface area (Å²) in [7, 11) is 4.30. The zero-order valence-electron chi connectivity index (χ0n) is 14.4. The van der Waals surface area contributed by atoms with Gasteiger partial charge >= 0.3 is 6.09 Å². The van der Waals surface area contributed by atoms with E-state index in [1.807, 2.05) is 11.8 Å². The number of hydrogen-bond donors (Lipinski definition) is 1. The second-order valence-corrected chi connectivity index (χ2v) is 6.62. The molecule has 1 heterocycles. The third-order valence-electron chi connectivity index (χ3n) is 4.14. The summed E-state index contributed by atoms with van der Waals surface area (Å²) in [6.45, 7) is 9.47. The highest BCUT2D eigenvalue weighted by molar-refractivity contribution is 5.67. The van der Waals surface area contributed by atoms with Crippen LogP contribution in [-0.4, -0.2) is 68.3 Å². The Morgan fingerprint density at radius 2 is 1.95 bits per heavy atom. The fraction of sp³-hybridized carbons (Fsp3) is 0.938. The summed E-state index contributed by atoms with van der Waals surface area (Å²) in [5.74, 6) is 0.713. The van der Waals surface area contributed by atoms with Gasteiger partial charge in [-0.1, -0.05) is 13.8 Å². The van der Waals surface area contributed by atoms with E-state index >= 15 is 0 Å². The number of likely N-dealkylation sites (N-methyl/N-ethyl adjacent to an activating group) is 1. The minimum Gasteiger partial charge on any atom is -0.450 e. The van der Waals surface area contributed by atoms with E-state index in [-0.39, 0.29) is 6.09 Å². The van der Waals surface area contributed by atoms with Crippen molar-refractivity contribution >= 4 is 6.09 Å². The average Bonchev–Trinajstić information content (AvgIpc) is 2.43. The van der Waals surface area contributed by atoms with E-state index in [2.05, 4.69) is 38.2 Å². The molecule has 1 unspecified atom stereocenters. The molecule has 1 fully saturated rings. The highest BCUT2D eigenvalue weighted by Crippen LogP contribution is 2.13. The Hall–Kier alpha value is -0.810. The predicted octanol–water partition coefficient (Wildman–Crippen LogP) is 2.17. The molecule has 5 nitrogen and oxygen atoms in total. The molecule has 0 saturated carbocycles. The monoisotopic (exact) mass is 299 g/mol. The van der Waals surface area contributed by atoms with E-state index in [0.29, 0.717) is 24.6 Å². The van der Waals surface area contributed by atoms with Gasteiger partial charge in [-0.05, 0) is 46.2 Å². The van der Waals surface area contributed by atoms with Crippen molar-refractivity contribution in [2.75, 3.05) is 40.3 Å². The van der Waals surface area contributed by atoms with E-state index in [1.54, 1.807) is 0 Å². The molecule has 0 radical (unpaired) electrons. The number of nitrogens with one attached hydrogen (secondary N) is 1. The first-order chi connectivity index (χ1) is 9.93. The number of piperidine rings is 1. The number of amides is 1. The molecule has 0 aliphatic carbocycles. The van der Waals surface area contributed by atoms with Gasteiger partial charge in [-0.3, -0.25) is 0 Å². The molecule has 0 aromatic heterocycles. The molecule has 1 N–H and O–H groups in total. The lowest BCUT2D eigenvalue weighted by Crippen LogP contribution is -2.48. The van der Waals surface area contributed by atoms with Gasteiger partial charge in [0.25, 0.3) is 0 Å². The van der Waals surface area contributed by atoms with Crippen molar-refractivity contribution in [2.24, 2.45) is 5.92 Å². The van der Waals surface area contributed by atoms with Gasteiger partial charge in [0.1, 0.15) is 0 Å². The molecule has 0 aromatic rings. The summed E-state index contributed by atoms with van der Waals surface area (Å²) in [6, 6.07) is 1.10. The van der Waals surface area contributed by atoms with Crippen LogP contribution in [0.15, 0.2) is 0 Å². The fourth-order valence-electron chi connectivity index (χ4n) is 2.80. The fourth-order valence-corrected chi connectivity index (χ4v) is 2.80. The molecular weight excluding hydrogens is 266 g/mol. The third-order valence-corrected chi connectivity index (χ3v) is 4.14. The van der Waals surface area contributed by atoms with Gasteiger partial charge in [-0.25, -0.2) is 4.79 Å². The first-order valence-corrected chi connectivity index (χ1v) is 8.25.